The highest BCUT2D eigenvalue weighted by atomic mass is 28.1. The summed E-state index contributed by atoms with van der Waals surface area (Å²) in [6, 6.07) is 0. The van der Waals surface area contributed by atoms with Gasteiger partial charge in [0.2, 0.25) is 5.95 Å². The first-order chi connectivity index (χ1) is 3.84. The van der Waals surface area contributed by atoms with Gasteiger partial charge in [-0.25, -0.2) is 0 Å². The molecule has 0 radical (unpaired) electrons. The van der Waals surface area contributed by atoms with Crippen molar-refractivity contribution in [3.05, 3.63) is 6.58 Å². The van der Waals surface area contributed by atoms with Gasteiger partial charge >= 0.3 is 0 Å². The van der Waals surface area contributed by atoms with Crippen molar-refractivity contribution in [2.24, 2.45) is 0 Å². The molecule has 1 aromatic rings. The third kappa shape index (κ3) is 1.36. The van der Waals surface area contributed by atoms with E-state index in [0.29, 0.717) is 0 Å². The molecule has 0 aromatic carbocycles. The van der Waals surface area contributed by atoms with Gasteiger partial charge in [0, 0.05) is 6.20 Å². The van der Waals surface area contributed by atoms with Gasteiger partial charge in [0.15, 0.2) is 0 Å². The van der Waals surface area contributed by atoms with E-state index in [0.717, 1.165) is 0 Å². The van der Waals surface area contributed by atoms with Crippen LogP contribution in [0.25, 0.3) is 6.20 Å². The zero-order valence-corrected chi connectivity index (χ0v) is 4.15. The Morgan fingerprint density at radius 3 is 2.56 bits per heavy atom. The topological polar surface area (TPSA) is 69.6 Å². The highest BCUT2D eigenvalue weighted by Crippen LogP contribution is 1.88. The summed E-state index contributed by atoms with van der Waals surface area (Å²) in [7, 11) is 0. The van der Waals surface area contributed by atoms with Crippen LogP contribution in [0.1, 0.15) is 0 Å². The van der Waals surface area contributed by atoms with Gasteiger partial charge in [-0.2, -0.15) is 4.68 Å². The maximum atomic E-state index is 5.21. The molecule has 0 amide bonds. The molecule has 0 spiro atoms. The van der Waals surface area contributed by atoms with Crippen molar-refractivity contribution in [3.63, 3.8) is 0 Å². The lowest BCUT2D eigenvalue weighted by atomic mass is 10.9. The molecule has 0 fully saturated rings. The molecule has 2 N–H and O–H groups in total. The van der Waals surface area contributed by atoms with E-state index in [1.54, 1.807) is 0 Å². The number of nitrogens with two attached hydrogens (primary N) is 1. The zero-order chi connectivity index (χ0) is 5.98. The van der Waals surface area contributed by atoms with E-state index in [-0.39, 0.29) is 16.9 Å². The third-order valence-corrected chi connectivity index (χ3v) is 0.691. The first-order valence-corrected chi connectivity index (χ1v) is 2.00. The fourth-order valence-corrected chi connectivity index (χ4v) is 0.331. The molecule has 1 heterocycles. The lowest BCUT2D eigenvalue weighted by Crippen LogP contribution is -1.95. The summed E-state index contributed by atoms with van der Waals surface area (Å²) in [6.45, 7) is 3.40. The number of anilines is 1. The van der Waals surface area contributed by atoms with Crippen molar-refractivity contribution < 1.29 is 0 Å². The average molecular weight is 143 g/mol. The molecule has 0 aliphatic heterocycles. The van der Waals surface area contributed by atoms with Crippen LogP contribution in [-0.2, 0) is 0 Å². The number of hydrogen-bond donors (Lipinski definition) is 1. The minimum absolute atomic E-state index is 0. The quantitative estimate of drug-likeness (QED) is 0.457. The van der Waals surface area contributed by atoms with Crippen LogP contribution in [0.15, 0.2) is 6.58 Å². The summed E-state index contributed by atoms with van der Waals surface area (Å²) in [5.74, 6) is 0.250. The largest absolute Gasteiger partial charge is 0.366 e. The number of nitrogen functional groups attached to an aromatic ring is 1. The summed E-state index contributed by atoms with van der Waals surface area (Å²) < 4.78 is 1.28. The van der Waals surface area contributed by atoms with Gasteiger partial charge in [0.05, 0.1) is 0 Å². The summed E-state index contributed by atoms with van der Waals surface area (Å²) in [5, 5.41) is 10.1. The van der Waals surface area contributed by atoms with Crippen molar-refractivity contribution in [1.29, 1.82) is 0 Å². The van der Waals surface area contributed by atoms with E-state index in [1.165, 1.54) is 10.9 Å². The summed E-state index contributed by atoms with van der Waals surface area (Å²) in [6.07, 6.45) is 1.43. The SMILES string of the molecule is C=Cn1nnnc1N.[SiH4]. The van der Waals surface area contributed by atoms with E-state index in [1.807, 2.05) is 0 Å². The number of hydrogen-bond acceptors (Lipinski definition) is 4. The predicted molar refractivity (Wildman–Crippen MR) is 40.0 cm³/mol. The summed E-state index contributed by atoms with van der Waals surface area (Å²) in [4.78, 5) is 0. The second-order valence-electron chi connectivity index (χ2n) is 1.16. The van der Waals surface area contributed by atoms with Gasteiger partial charge in [-0.1, -0.05) is 11.7 Å². The van der Waals surface area contributed by atoms with Crippen LogP contribution in [-0.4, -0.2) is 31.2 Å². The fourth-order valence-electron chi connectivity index (χ4n) is 0.331. The standard InChI is InChI=1S/C3H5N5.H4Si/c1-2-8-3(4)5-6-7-8;/h2H,1H2,(H2,4,5,7);1H4. The Hall–Kier alpha value is -1.17. The van der Waals surface area contributed by atoms with Gasteiger partial charge in [0.25, 0.3) is 0 Å². The van der Waals surface area contributed by atoms with E-state index < -0.39 is 0 Å². The number of aromatic nitrogens is 4. The molecule has 0 bridgehead atoms. The second kappa shape index (κ2) is 2.97. The van der Waals surface area contributed by atoms with Crippen LogP contribution in [0, 0.1) is 0 Å². The Bertz CT molecular complexity index is 194. The van der Waals surface area contributed by atoms with Gasteiger partial charge < -0.3 is 5.73 Å². The van der Waals surface area contributed by atoms with Crippen LogP contribution in [0.2, 0.25) is 0 Å². The molecule has 0 atom stereocenters. The van der Waals surface area contributed by atoms with Crippen molar-refractivity contribution in [2.75, 3.05) is 5.73 Å². The molecule has 5 nitrogen and oxygen atoms in total. The fraction of sp³-hybridized carbons (Fsp3) is 0. The Morgan fingerprint density at radius 1 is 1.67 bits per heavy atom. The van der Waals surface area contributed by atoms with Crippen LogP contribution in [0.5, 0.6) is 0 Å². The molecule has 9 heavy (non-hydrogen) atoms. The zero-order valence-electron chi connectivity index (χ0n) is 4.15. The van der Waals surface area contributed by atoms with E-state index in [2.05, 4.69) is 22.1 Å². The van der Waals surface area contributed by atoms with Crippen molar-refractivity contribution in [3.8, 4) is 0 Å². The van der Waals surface area contributed by atoms with Crippen molar-refractivity contribution in [2.45, 2.75) is 0 Å². The highest BCUT2D eigenvalue weighted by Gasteiger charge is 1.91. The Kier molecular flexibility index (Phi) is 2.59. The van der Waals surface area contributed by atoms with E-state index in [9.17, 15) is 0 Å². The molecular formula is C3H9N5Si. The van der Waals surface area contributed by atoms with E-state index >= 15 is 0 Å². The summed E-state index contributed by atoms with van der Waals surface area (Å²) >= 11 is 0. The molecule has 50 valence electrons. The van der Waals surface area contributed by atoms with Crippen LogP contribution >= 0.6 is 0 Å². The van der Waals surface area contributed by atoms with Crippen molar-refractivity contribution >= 4 is 23.1 Å². The molecule has 0 saturated carbocycles. The minimum atomic E-state index is 0. The van der Waals surface area contributed by atoms with Gasteiger partial charge in [-0.15, -0.1) is 0 Å². The van der Waals surface area contributed by atoms with Crippen LogP contribution in [0.4, 0.5) is 5.95 Å². The van der Waals surface area contributed by atoms with Gasteiger partial charge in [0.1, 0.15) is 0 Å². The molecule has 6 heteroatoms. The Morgan fingerprint density at radius 2 is 2.33 bits per heavy atom. The molecular weight excluding hydrogens is 134 g/mol. The highest BCUT2D eigenvalue weighted by molar-refractivity contribution is 5.75. The maximum Gasteiger partial charge on any atom is 0.244 e. The van der Waals surface area contributed by atoms with Gasteiger partial charge in [-0.3, -0.25) is 0 Å². The smallest absolute Gasteiger partial charge is 0.244 e. The predicted octanol–water partition coefficient (Wildman–Crippen LogP) is -2.10. The molecule has 1 aromatic heterocycles. The monoisotopic (exact) mass is 143 g/mol. The van der Waals surface area contributed by atoms with Crippen LogP contribution < -0.4 is 5.73 Å². The van der Waals surface area contributed by atoms with E-state index in [4.69, 9.17) is 5.73 Å². The molecule has 1 rings (SSSR count). The minimum Gasteiger partial charge on any atom is -0.366 e. The Labute approximate surface area is 56.6 Å². The molecule has 0 aliphatic rings. The number of tetrazole rings is 1. The number of nitrogens with zero attached hydrogens (tertiary/aromatic N) is 4. The third-order valence-electron chi connectivity index (χ3n) is 0.691. The second-order valence-corrected chi connectivity index (χ2v) is 1.16. The number of rotatable bonds is 1. The molecule has 0 saturated heterocycles. The van der Waals surface area contributed by atoms with Crippen LogP contribution in [0.3, 0.4) is 0 Å². The first-order valence-electron chi connectivity index (χ1n) is 2.00. The first kappa shape index (κ1) is 7.83. The van der Waals surface area contributed by atoms with Crippen molar-refractivity contribution in [1.82, 2.24) is 20.2 Å². The lowest BCUT2D eigenvalue weighted by molar-refractivity contribution is 0.821. The summed E-state index contributed by atoms with van der Waals surface area (Å²) in [5.41, 5.74) is 5.21. The maximum absolute atomic E-state index is 5.21. The average Bonchev–Trinajstić information content (AvgIpc) is 2.14. The lowest BCUT2D eigenvalue weighted by Gasteiger charge is -1.84. The molecule has 0 unspecified atom stereocenters. The normalized spacial score (nSPS) is 8.00. The molecule has 0 aliphatic carbocycles. The van der Waals surface area contributed by atoms with Gasteiger partial charge in [-0.05, 0) is 21.4 Å². The Balaban J connectivity index is 0.000000640.